The zero-order chi connectivity index (χ0) is 27.1. The van der Waals surface area contributed by atoms with Crippen LogP contribution in [0.2, 0.25) is 0 Å². The van der Waals surface area contributed by atoms with E-state index in [-0.39, 0.29) is 16.7 Å². The van der Waals surface area contributed by atoms with Gasteiger partial charge in [-0.1, -0.05) is 54.6 Å². The molecule has 38 heavy (non-hydrogen) atoms. The van der Waals surface area contributed by atoms with Crippen LogP contribution in [0.1, 0.15) is 31.1 Å². The Morgan fingerprint density at radius 3 is 1.61 bits per heavy atom. The SMILES string of the molecule is CS(=O)(=O)O[C@H]1[C@@H](OC(=O)c2ccccc2)O[C@@H](COC(=O)c2ccccc2)[C@H]1OC(=O)c1ccccc1. The molecule has 0 amide bonds. The summed E-state index contributed by atoms with van der Waals surface area (Å²) in [5.41, 5.74) is 0.612. The Bertz CT molecular complexity index is 1360. The number of rotatable bonds is 9. The van der Waals surface area contributed by atoms with Crippen molar-refractivity contribution in [2.45, 2.75) is 24.6 Å². The van der Waals surface area contributed by atoms with Gasteiger partial charge in [0.1, 0.15) is 12.7 Å². The normalized spacial score (nSPS) is 20.9. The molecule has 10 nitrogen and oxygen atoms in total. The molecule has 0 radical (unpaired) electrons. The summed E-state index contributed by atoms with van der Waals surface area (Å²) in [5, 5.41) is 0. The Morgan fingerprint density at radius 2 is 1.13 bits per heavy atom. The average Bonchev–Trinajstić information content (AvgIpc) is 3.22. The highest BCUT2D eigenvalue weighted by Crippen LogP contribution is 2.31. The van der Waals surface area contributed by atoms with Gasteiger partial charge in [0, 0.05) is 0 Å². The fourth-order valence-electron chi connectivity index (χ4n) is 3.70. The van der Waals surface area contributed by atoms with Gasteiger partial charge >= 0.3 is 17.9 Å². The topological polar surface area (TPSA) is 132 Å². The first-order chi connectivity index (χ1) is 18.2. The second kappa shape index (κ2) is 12.0. The van der Waals surface area contributed by atoms with Crippen molar-refractivity contribution in [1.82, 2.24) is 0 Å². The molecule has 1 heterocycles. The summed E-state index contributed by atoms with van der Waals surface area (Å²) < 4.78 is 51.5. The van der Waals surface area contributed by atoms with Gasteiger partial charge in [-0.05, 0) is 36.4 Å². The van der Waals surface area contributed by atoms with E-state index >= 15 is 0 Å². The molecule has 0 aromatic heterocycles. The van der Waals surface area contributed by atoms with Crippen molar-refractivity contribution in [2.24, 2.45) is 0 Å². The first kappa shape index (κ1) is 27.0. The third kappa shape index (κ3) is 7.03. The van der Waals surface area contributed by atoms with Crippen LogP contribution < -0.4 is 0 Å². The van der Waals surface area contributed by atoms with Crippen LogP contribution in [0, 0.1) is 0 Å². The van der Waals surface area contributed by atoms with E-state index in [0.29, 0.717) is 0 Å². The lowest BCUT2D eigenvalue weighted by atomic mass is 10.1. The quantitative estimate of drug-likeness (QED) is 0.227. The molecule has 0 bridgehead atoms. The molecule has 3 aromatic rings. The molecule has 0 unspecified atom stereocenters. The molecule has 0 spiro atoms. The molecule has 1 saturated heterocycles. The summed E-state index contributed by atoms with van der Waals surface area (Å²) in [6.45, 7) is -0.455. The van der Waals surface area contributed by atoms with E-state index in [1.165, 1.54) is 24.3 Å². The van der Waals surface area contributed by atoms with Crippen molar-refractivity contribution >= 4 is 28.0 Å². The van der Waals surface area contributed by atoms with E-state index in [1.54, 1.807) is 66.7 Å². The minimum Gasteiger partial charge on any atom is -0.459 e. The van der Waals surface area contributed by atoms with Gasteiger partial charge in [-0.25, -0.2) is 14.4 Å². The first-order valence-corrected chi connectivity index (χ1v) is 13.3. The molecule has 4 atom stereocenters. The lowest BCUT2D eigenvalue weighted by molar-refractivity contribution is -0.135. The van der Waals surface area contributed by atoms with Gasteiger partial charge in [-0.3, -0.25) is 4.18 Å². The van der Waals surface area contributed by atoms with Gasteiger partial charge in [0.15, 0.2) is 12.2 Å². The van der Waals surface area contributed by atoms with Crippen molar-refractivity contribution in [3.05, 3.63) is 108 Å². The fraction of sp³-hybridized carbons (Fsp3) is 0.222. The van der Waals surface area contributed by atoms with Crippen LogP contribution in [0.15, 0.2) is 91.0 Å². The average molecular weight is 541 g/mol. The summed E-state index contributed by atoms with van der Waals surface area (Å²) in [7, 11) is -4.14. The Morgan fingerprint density at radius 1 is 0.684 bits per heavy atom. The third-order valence-corrected chi connectivity index (χ3v) is 6.00. The second-order valence-electron chi connectivity index (χ2n) is 8.28. The largest absolute Gasteiger partial charge is 0.459 e. The predicted molar refractivity (Wildman–Crippen MR) is 133 cm³/mol. The fourth-order valence-corrected chi connectivity index (χ4v) is 4.30. The lowest BCUT2D eigenvalue weighted by Gasteiger charge is -2.23. The molecule has 3 aromatic carbocycles. The number of benzene rings is 3. The van der Waals surface area contributed by atoms with Gasteiger partial charge in [0.2, 0.25) is 6.29 Å². The Balaban J connectivity index is 1.60. The van der Waals surface area contributed by atoms with Gasteiger partial charge < -0.3 is 18.9 Å². The van der Waals surface area contributed by atoms with Crippen molar-refractivity contribution in [3.63, 3.8) is 0 Å². The zero-order valence-corrected chi connectivity index (χ0v) is 21.0. The Labute approximate surface area is 219 Å². The number of hydrogen-bond donors (Lipinski definition) is 0. The Hall–Kier alpha value is -4.06. The van der Waals surface area contributed by atoms with Crippen LogP contribution >= 0.6 is 0 Å². The summed E-state index contributed by atoms with van der Waals surface area (Å²) in [5.74, 6) is -2.32. The monoisotopic (exact) mass is 540 g/mol. The van der Waals surface area contributed by atoms with E-state index in [4.69, 9.17) is 23.1 Å². The number of hydrogen-bond acceptors (Lipinski definition) is 10. The van der Waals surface area contributed by atoms with E-state index < -0.39 is 59.2 Å². The molecular weight excluding hydrogens is 516 g/mol. The van der Waals surface area contributed by atoms with Crippen molar-refractivity contribution in [3.8, 4) is 0 Å². The Kier molecular flexibility index (Phi) is 8.52. The number of ether oxygens (including phenoxy) is 4. The highest BCUT2D eigenvalue weighted by atomic mass is 32.2. The molecule has 0 aliphatic carbocycles. The number of carbonyl (C=O) groups excluding carboxylic acids is 3. The predicted octanol–water partition coefficient (Wildman–Crippen LogP) is 3.00. The lowest BCUT2D eigenvalue weighted by Crippen LogP contribution is -2.42. The summed E-state index contributed by atoms with van der Waals surface area (Å²) in [4.78, 5) is 38.1. The smallest absolute Gasteiger partial charge is 0.340 e. The molecule has 1 aliphatic heterocycles. The maximum absolute atomic E-state index is 12.9. The molecule has 1 fully saturated rings. The standard InChI is InChI=1S/C27H24O10S/c1-38(31,32)37-23-22(35-25(29)19-13-7-3-8-14-19)21(17-33-24(28)18-11-5-2-6-12-18)34-27(23)36-26(30)20-15-9-4-10-16-20/h2-16,21-23,27H,17H2,1H3/t21-,22+,23+,27+/m0/s1. The van der Waals surface area contributed by atoms with E-state index in [1.807, 2.05) is 0 Å². The molecule has 0 N–H and O–H groups in total. The molecule has 11 heteroatoms. The van der Waals surface area contributed by atoms with Gasteiger partial charge in [0.25, 0.3) is 10.1 Å². The number of carbonyl (C=O) groups is 3. The van der Waals surface area contributed by atoms with Crippen LogP contribution in [-0.2, 0) is 33.2 Å². The molecule has 1 aliphatic rings. The minimum atomic E-state index is -4.14. The molecule has 4 rings (SSSR count). The highest BCUT2D eigenvalue weighted by molar-refractivity contribution is 7.86. The van der Waals surface area contributed by atoms with Gasteiger partial charge in [-0.15, -0.1) is 0 Å². The van der Waals surface area contributed by atoms with Crippen molar-refractivity contribution in [1.29, 1.82) is 0 Å². The summed E-state index contributed by atoms with van der Waals surface area (Å²) in [6.07, 6.45) is -5.04. The van der Waals surface area contributed by atoms with Crippen molar-refractivity contribution in [2.75, 3.05) is 12.9 Å². The molecule has 0 saturated carbocycles. The third-order valence-electron chi connectivity index (χ3n) is 5.43. The van der Waals surface area contributed by atoms with Crippen molar-refractivity contribution < 1.29 is 45.9 Å². The van der Waals surface area contributed by atoms with Crippen LogP contribution in [0.25, 0.3) is 0 Å². The summed E-state index contributed by atoms with van der Waals surface area (Å²) >= 11 is 0. The van der Waals surface area contributed by atoms with E-state index in [0.717, 1.165) is 6.26 Å². The zero-order valence-electron chi connectivity index (χ0n) is 20.2. The van der Waals surface area contributed by atoms with E-state index in [9.17, 15) is 22.8 Å². The van der Waals surface area contributed by atoms with Gasteiger partial charge in [-0.2, -0.15) is 8.42 Å². The van der Waals surface area contributed by atoms with Gasteiger partial charge in [0.05, 0.1) is 22.9 Å². The first-order valence-electron chi connectivity index (χ1n) is 11.5. The van der Waals surface area contributed by atoms with E-state index in [2.05, 4.69) is 0 Å². The maximum atomic E-state index is 12.9. The molecular formula is C27H24O10S. The summed E-state index contributed by atoms with van der Waals surface area (Å²) in [6, 6.07) is 24.0. The maximum Gasteiger partial charge on any atom is 0.340 e. The van der Waals surface area contributed by atoms with Crippen LogP contribution in [0.5, 0.6) is 0 Å². The number of esters is 3. The minimum absolute atomic E-state index is 0.172. The highest BCUT2D eigenvalue weighted by Gasteiger charge is 2.52. The molecule has 198 valence electrons. The van der Waals surface area contributed by atoms with Crippen LogP contribution in [0.3, 0.4) is 0 Å². The second-order valence-corrected chi connectivity index (χ2v) is 9.88. The van der Waals surface area contributed by atoms with Crippen LogP contribution in [-0.4, -0.2) is 63.8 Å². The van der Waals surface area contributed by atoms with Crippen LogP contribution in [0.4, 0.5) is 0 Å².